The topological polar surface area (TPSA) is 33.7 Å². The molecule has 1 fully saturated rings. The summed E-state index contributed by atoms with van der Waals surface area (Å²) in [6.07, 6.45) is -0.660. The summed E-state index contributed by atoms with van der Waals surface area (Å²) in [4.78, 5) is 1.79. The fourth-order valence-corrected chi connectivity index (χ4v) is 2.88. The molecule has 1 aliphatic rings. The van der Waals surface area contributed by atoms with Gasteiger partial charge in [-0.3, -0.25) is 4.90 Å². The van der Waals surface area contributed by atoms with Gasteiger partial charge in [-0.25, -0.2) is 8.78 Å². The number of alkyl halides is 2. The van der Waals surface area contributed by atoms with E-state index < -0.39 is 6.43 Å². The molecular formula is C15H21ClF2N2O2. The lowest BCUT2D eigenvalue weighted by Gasteiger charge is -2.32. The van der Waals surface area contributed by atoms with Crippen molar-refractivity contribution in [1.82, 2.24) is 4.90 Å². The van der Waals surface area contributed by atoms with Crippen LogP contribution < -0.4 is 14.8 Å². The second-order valence-corrected chi connectivity index (χ2v) is 5.70. The molecule has 4 nitrogen and oxygen atoms in total. The number of nitrogens with one attached hydrogen (secondary N) is 1. The van der Waals surface area contributed by atoms with Gasteiger partial charge < -0.3 is 14.8 Å². The van der Waals surface area contributed by atoms with Gasteiger partial charge in [0.1, 0.15) is 11.5 Å². The molecule has 1 saturated heterocycles. The van der Waals surface area contributed by atoms with Crippen molar-refractivity contribution in [2.75, 3.05) is 39.2 Å². The van der Waals surface area contributed by atoms with Crippen LogP contribution in [0.4, 0.5) is 14.5 Å². The summed E-state index contributed by atoms with van der Waals surface area (Å²) in [5.41, 5.74) is 0.802. The molecule has 0 bridgehead atoms. The van der Waals surface area contributed by atoms with Crippen LogP contribution in [0, 0.1) is 0 Å². The standard InChI is InChI=1S/C15H21ClF2N2O2/c1-21-13-8-12(14(22-2)7-11(13)16)19-10-3-5-20(6-4-10)9-15(17)18/h7-8,10,15,19H,3-6,9H2,1-2H3. The highest BCUT2D eigenvalue weighted by atomic mass is 35.5. The maximum absolute atomic E-state index is 12.4. The smallest absolute Gasteiger partial charge is 0.251 e. The van der Waals surface area contributed by atoms with Gasteiger partial charge in [-0.2, -0.15) is 0 Å². The molecule has 0 atom stereocenters. The predicted molar refractivity (Wildman–Crippen MR) is 83.6 cm³/mol. The first kappa shape index (κ1) is 17.1. The minimum absolute atomic E-state index is 0.148. The normalized spacial score (nSPS) is 16.8. The lowest BCUT2D eigenvalue weighted by molar-refractivity contribution is 0.0769. The van der Waals surface area contributed by atoms with Crippen LogP contribution in [0.1, 0.15) is 12.8 Å². The van der Waals surface area contributed by atoms with E-state index in [0.29, 0.717) is 29.6 Å². The van der Waals surface area contributed by atoms with Gasteiger partial charge in [0.15, 0.2) is 0 Å². The second kappa shape index (κ2) is 7.83. The third kappa shape index (κ3) is 4.36. The molecule has 0 unspecified atom stereocenters. The lowest BCUT2D eigenvalue weighted by Crippen LogP contribution is -2.41. The molecule has 0 aliphatic carbocycles. The number of hydrogen-bond donors (Lipinski definition) is 1. The molecule has 1 N–H and O–H groups in total. The number of rotatable bonds is 6. The monoisotopic (exact) mass is 334 g/mol. The zero-order chi connectivity index (χ0) is 16.1. The molecule has 0 saturated carbocycles. The van der Waals surface area contributed by atoms with Gasteiger partial charge in [-0.15, -0.1) is 0 Å². The SMILES string of the molecule is COc1cc(NC2CCN(CC(F)F)CC2)c(OC)cc1Cl. The molecular weight excluding hydrogens is 314 g/mol. The number of nitrogens with zero attached hydrogens (tertiary/aromatic N) is 1. The Balaban J connectivity index is 1.99. The van der Waals surface area contributed by atoms with Crippen molar-refractivity contribution < 1.29 is 18.3 Å². The van der Waals surface area contributed by atoms with E-state index in [2.05, 4.69) is 5.32 Å². The van der Waals surface area contributed by atoms with Crippen LogP contribution >= 0.6 is 11.6 Å². The minimum atomic E-state index is -2.27. The first-order valence-electron chi connectivity index (χ1n) is 7.22. The first-order chi connectivity index (χ1) is 10.5. The molecule has 1 aliphatic heterocycles. The molecule has 1 heterocycles. The van der Waals surface area contributed by atoms with Crippen molar-refractivity contribution in [3.8, 4) is 11.5 Å². The third-order valence-corrected chi connectivity index (χ3v) is 4.11. The van der Waals surface area contributed by atoms with E-state index in [-0.39, 0.29) is 12.6 Å². The number of likely N-dealkylation sites (tertiary alicyclic amines) is 1. The Kier molecular flexibility index (Phi) is 6.08. The van der Waals surface area contributed by atoms with E-state index in [1.54, 1.807) is 31.3 Å². The Morgan fingerprint density at radius 3 is 2.41 bits per heavy atom. The van der Waals surface area contributed by atoms with E-state index in [4.69, 9.17) is 21.1 Å². The molecule has 2 rings (SSSR count). The fraction of sp³-hybridized carbons (Fsp3) is 0.600. The van der Waals surface area contributed by atoms with E-state index >= 15 is 0 Å². The van der Waals surface area contributed by atoms with Crippen LogP contribution in [-0.4, -0.2) is 51.2 Å². The second-order valence-electron chi connectivity index (χ2n) is 5.30. The molecule has 0 amide bonds. The maximum atomic E-state index is 12.4. The molecule has 7 heteroatoms. The van der Waals surface area contributed by atoms with Crippen molar-refractivity contribution in [3.63, 3.8) is 0 Å². The minimum Gasteiger partial charge on any atom is -0.495 e. The maximum Gasteiger partial charge on any atom is 0.251 e. The Labute approximate surface area is 134 Å². The number of benzene rings is 1. The van der Waals surface area contributed by atoms with Gasteiger partial charge in [-0.05, 0) is 12.8 Å². The Morgan fingerprint density at radius 1 is 1.23 bits per heavy atom. The quantitative estimate of drug-likeness (QED) is 0.863. The average Bonchev–Trinajstić information content (AvgIpc) is 2.50. The Bertz CT molecular complexity index is 495. The average molecular weight is 335 g/mol. The van der Waals surface area contributed by atoms with Crippen LogP contribution in [0.5, 0.6) is 11.5 Å². The first-order valence-corrected chi connectivity index (χ1v) is 7.59. The molecule has 0 aromatic heterocycles. The number of methoxy groups -OCH3 is 2. The highest BCUT2D eigenvalue weighted by molar-refractivity contribution is 6.32. The molecule has 1 aromatic rings. The largest absolute Gasteiger partial charge is 0.495 e. The van der Waals surface area contributed by atoms with E-state index in [0.717, 1.165) is 18.5 Å². The van der Waals surface area contributed by atoms with E-state index in [9.17, 15) is 8.78 Å². The third-order valence-electron chi connectivity index (χ3n) is 3.82. The van der Waals surface area contributed by atoms with Crippen LogP contribution in [0.25, 0.3) is 0 Å². The van der Waals surface area contributed by atoms with Crippen molar-refractivity contribution in [2.24, 2.45) is 0 Å². The van der Waals surface area contributed by atoms with Gasteiger partial charge in [0.05, 0.1) is 31.5 Å². The summed E-state index contributed by atoms with van der Waals surface area (Å²) in [7, 11) is 3.13. The van der Waals surface area contributed by atoms with E-state index in [1.165, 1.54) is 0 Å². The molecule has 0 spiro atoms. The summed E-state index contributed by atoms with van der Waals surface area (Å²) in [6.45, 7) is 1.18. The number of halogens is 3. The van der Waals surface area contributed by atoms with Crippen LogP contribution in [-0.2, 0) is 0 Å². The highest BCUT2D eigenvalue weighted by Gasteiger charge is 2.22. The zero-order valence-corrected chi connectivity index (χ0v) is 13.5. The summed E-state index contributed by atoms with van der Waals surface area (Å²) >= 11 is 6.08. The molecule has 22 heavy (non-hydrogen) atoms. The highest BCUT2D eigenvalue weighted by Crippen LogP contribution is 2.36. The van der Waals surface area contributed by atoms with Gasteiger partial charge in [0.25, 0.3) is 6.43 Å². The summed E-state index contributed by atoms with van der Waals surface area (Å²) in [5.74, 6) is 1.21. The van der Waals surface area contributed by atoms with E-state index in [1.807, 2.05) is 0 Å². The van der Waals surface area contributed by atoms with Crippen LogP contribution in [0.2, 0.25) is 5.02 Å². The van der Waals surface area contributed by atoms with Crippen LogP contribution in [0.15, 0.2) is 12.1 Å². The van der Waals surface area contributed by atoms with Gasteiger partial charge in [0.2, 0.25) is 0 Å². The van der Waals surface area contributed by atoms with Crippen molar-refractivity contribution in [1.29, 1.82) is 0 Å². The van der Waals surface area contributed by atoms with Crippen molar-refractivity contribution >= 4 is 17.3 Å². The van der Waals surface area contributed by atoms with Gasteiger partial charge >= 0.3 is 0 Å². The summed E-state index contributed by atoms with van der Waals surface area (Å²) in [6, 6.07) is 3.72. The van der Waals surface area contributed by atoms with Crippen LogP contribution in [0.3, 0.4) is 0 Å². The number of piperidine rings is 1. The zero-order valence-electron chi connectivity index (χ0n) is 12.7. The Hall–Kier alpha value is -1.27. The predicted octanol–water partition coefficient (Wildman–Crippen LogP) is 3.50. The summed E-state index contributed by atoms with van der Waals surface area (Å²) in [5, 5.41) is 3.88. The lowest BCUT2D eigenvalue weighted by atomic mass is 10.0. The van der Waals surface area contributed by atoms with Crippen molar-refractivity contribution in [2.45, 2.75) is 25.3 Å². The summed E-state index contributed by atoms with van der Waals surface area (Å²) < 4.78 is 35.3. The van der Waals surface area contributed by atoms with Crippen molar-refractivity contribution in [3.05, 3.63) is 17.2 Å². The molecule has 0 radical (unpaired) electrons. The number of hydrogen-bond acceptors (Lipinski definition) is 4. The molecule has 1 aromatic carbocycles. The number of ether oxygens (including phenoxy) is 2. The number of anilines is 1. The van der Waals surface area contributed by atoms with Gasteiger partial charge in [-0.1, -0.05) is 11.6 Å². The Morgan fingerprint density at radius 2 is 1.86 bits per heavy atom. The fourth-order valence-electron chi connectivity index (χ4n) is 2.65. The van der Waals surface area contributed by atoms with Gasteiger partial charge in [0, 0.05) is 31.3 Å². The molecule has 124 valence electrons.